The molecule has 0 unspecified atom stereocenters. The van der Waals surface area contributed by atoms with Crippen LogP contribution in [0.2, 0.25) is 10.0 Å². The smallest absolute Gasteiger partial charge is 0.248 e. The van der Waals surface area contributed by atoms with Gasteiger partial charge in [0.1, 0.15) is 0 Å². The van der Waals surface area contributed by atoms with Crippen molar-refractivity contribution >= 4 is 52.3 Å². The summed E-state index contributed by atoms with van der Waals surface area (Å²) in [6.07, 6.45) is 0.0926. The Morgan fingerprint density at radius 3 is 2.27 bits per heavy atom. The number of benzene rings is 2. The fraction of sp³-hybridized carbons (Fsp3) is 0.167. The van der Waals surface area contributed by atoms with Gasteiger partial charge in [-0.25, -0.2) is 0 Å². The van der Waals surface area contributed by atoms with Gasteiger partial charge in [0.2, 0.25) is 17.7 Å². The van der Waals surface area contributed by atoms with Gasteiger partial charge in [0, 0.05) is 39.9 Å². The zero-order chi connectivity index (χ0) is 18.8. The van der Waals surface area contributed by atoms with Gasteiger partial charge in [-0.05, 0) is 42.5 Å². The van der Waals surface area contributed by atoms with E-state index in [4.69, 9.17) is 28.9 Å². The van der Waals surface area contributed by atoms with E-state index in [1.165, 1.54) is 17.0 Å². The molecule has 0 saturated carbocycles. The van der Waals surface area contributed by atoms with Gasteiger partial charge in [-0.15, -0.1) is 0 Å². The highest BCUT2D eigenvalue weighted by atomic mass is 35.5. The average Bonchev–Trinajstić information content (AvgIpc) is 2.96. The summed E-state index contributed by atoms with van der Waals surface area (Å²) in [7, 11) is 0. The molecule has 0 bridgehead atoms. The van der Waals surface area contributed by atoms with Crippen LogP contribution in [-0.4, -0.2) is 24.3 Å². The van der Waals surface area contributed by atoms with E-state index in [2.05, 4.69) is 5.32 Å². The third-order valence-corrected chi connectivity index (χ3v) is 4.53. The molecule has 2 aromatic carbocycles. The van der Waals surface area contributed by atoms with Crippen LogP contribution in [0.25, 0.3) is 0 Å². The van der Waals surface area contributed by atoms with E-state index in [0.29, 0.717) is 27.0 Å². The fourth-order valence-corrected chi connectivity index (χ4v) is 3.30. The van der Waals surface area contributed by atoms with E-state index in [1.54, 1.807) is 30.3 Å². The second-order valence-corrected chi connectivity index (χ2v) is 6.84. The zero-order valence-corrected chi connectivity index (χ0v) is 15.1. The van der Waals surface area contributed by atoms with Crippen molar-refractivity contribution < 1.29 is 14.4 Å². The number of primary amides is 1. The lowest BCUT2D eigenvalue weighted by Crippen LogP contribution is -2.28. The van der Waals surface area contributed by atoms with Gasteiger partial charge < -0.3 is 16.0 Å². The first kappa shape index (κ1) is 18.2. The van der Waals surface area contributed by atoms with Crippen LogP contribution in [0.15, 0.2) is 42.5 Å². The lowest BCUT2D eigenvalue weighted by Gasteiger charge is -2.17. The average molecular weight is 392 g/mol. The maximum Gasteiger partial charge on any atom is 0.248 e. The molecule has 0 aliphatic carbocycles. The number of nitrogens with one attached hydrogen (secondary N) is 1. The molecule has 3 amide bonds. The number of halogens is 2. The largest absolute Gasteiger partial charge is 0.366 e. The van der Waals surface area contributed by atoms with E-state index in [1.807, 2.05) is 0 Å². The molecule has 2 aromatic rings. The second-order valence-electron chi connectivity index (χ2n) is 5.96. The molecule has 1 heterocycles. The van der Waals surface area contributed by atoms with E-state index in [0.717, 1.165) is 0 Å². The summed E-state index contributed by atoms with van der Waals surface area (Å²) in [5.74, 6) is -1.50. The lowest BCUT2D eigenvalue weighted by molar-refractivity contribution is -0.122. The van der Waals surface area contributed by atoms with Crippen molar-refractivity contribution in [3.8, 4) is 0 Å². The highest BCUT2D eigenvalue weighted by Crippen LogP contribution is 2.30. The quantitative estimate of drug-likeness (QED) is 0.838. The third kappa shape index (κ3) is 3.98. The molecule has 26 heavy (non-hydrogen) atoms. The Morgan fingerprint density at radius 1 is 1.08 bits per heavy atom. The Kier molecular flexibility index (Phi) is 5.15. The van der Waals surface area contributed by atoms with Gasteiger partial charge in [-0.3, -0.25) is 14.4 Å². The number of nitrogens with two attached hydrogens (primary N) is 1. The molecule has 0 aromatic heterocycles. The number of carbonyl (C=O) groups excluding carboxylic acids is 3. The lowest BCUT2D eigenvalue weighted by atomic mass is 10.1. The highest BCUT2D eigenvalue weighted by Gasteiger charge is 2.35. The van der Waals surface area contributed by atoms with Gasteiger partial charge in [-0.1, -0.05) is 23.2 Å². The third-order valence-electron chi connectivity index (χ3n) is 4.09. The molecule has 134 valence electrons. The summed E-state index contributed by atoms with van der Waals surface area (Å²) >= 11 is 12.0. The molecule has 1 aliphatic rings. The summed E-state index contributed by atoms with van der Waals surface area (Å²) in [6.45, 7) is 0.237. The van der Waals surface area contributed by atoms with Gasteiger partial charge in [0.05, 0.1) is 5.92 Å². The number of amides is 3. The minimum Gasteiger partial charge on any atom is -0.366 e. The molecule has 6 nitrogen and oxygen atoms in total. The predicted octanol–water partition coefficient (Wildman–Crippen LogP) is 3.08. The van der Waals surface area contributed by atoms with Crippen LogP contribution in [0, 0.1) is 5.92 Å². The normalized spacial score (nSPS) is 16.6. The van der Waals surface area contributed by atoms with Crippen LogP contribution in [-0.2, 0) is 9.59 Å². The number of hydrogen-bond donors (Lipinski definition) is 2. The first-order chi connectivity index (χ1) is 12.3. The molecular formula is C18H15Cl2N3O3. The van der Waals surface area contributed by atoms with Gasteiger partial charge >= 0.3 is 0 Å². The number of anilines is 2. The Balaban J connectivity index is 1.69. The van der Waals surface area contributed by atoms with Crippen LogP contribution >= 0.6 is 23.2 Å². The number of carbonyl (C=O) groups is 3. The standard InChI is InChI=1S/C18H15Cl2N3O3/c19-12-6-13(20)8-15(7-12)23-9-11(5-16(23)24)18(26)22-14-3-1-10(2-4-14)17(21)25/h1-4,6-8,11H,5,9H2,(H2,21,25)(H,22,26)/t11-/m1/s1. The van der Waals surface area contributed by atoms with Crippen molar-refractivity contribution in [1.29, 1.82) is 0 Å². The minimum absolute atomic E-state index is 0.0926. The SMILES string of the molecule is NC(=O)c1ccc(NC(=O)[C@@H]2CC(=O)N(c3cc(Cl)cc(Cl)c3)C2)cc1. The summed E-state index contributed by atoms with van der Waals surface area (Å²) in [5.41, 5.74) is 6.62. The van der Waals surface area contributed by atoms with Crippen molar-refractivity contribution in [3.63, 3.8) is 0 Å². The molecule has 8 heteroatoms. The Morgan fingerprint density at radius 2 is 1.69 bits per heavy atom. The van der Waals surface area contributed by atoms with Gasteiger partial charge in [-0.2, -0.15) is 0 Å². The summed E-state index contributed by atoms with van der Waals surface area (Å²) < 4.78 is 0. The number of rotatable bonds is 4. The fourth-order valence-electron chi connectivity index (χ4n) is 2.79. The van der Waals surface area contributed by atoms with Crippen molar-refractivity contribution in [2.45, 2.75) is 6.42 Å². The van der Waals surface area contributed by atoms with E-state index in [9.17, 15) is 14.4 Å². The van der Waals surface area contributed by atoms with Gasteiger partial charge in [0.25, 0.3) is 0 Å². The van der Waals surface area contributed by atoms with Crippen molar-refractivity contribution in [2.24, 2.45) is 11.7 Å². The molecule has 1 fully saturated rings. The Hall–Kier alpha value is -2.57. The Bertz CT molecular complexity index is 864. The maximum atomic E-state index is 12.5. The first-order valence-corrected chi connectivity index (χ1v) is 8.56. The maximum absolute atomic E-state index is 12.5. The van der Waals surface area contributed by atoms with E-state index < -0.39 is 11.8 Å². The molecule has 0 spiro atoms. The van der Waals surface area contributed by atoms with Crippen molar-refractivity contribution in [1.82, 2.24) is 0 Å². The van der Waals surface area contributed by atoms with Crippen LogP contribution in [0.1, 0.15) is 16.8 Å². The predicted molar refractivity (Wildman–Crippen MR) is 101 cm³/mol. The molecule has 0 radical (unpaired) electrons. The Labute approximate surface area is 159 Å². The molecule has 1 atom stereocenters. The van der Waals surface area contributed by atoms with Crippen LogP contribution in [0.4, 0.5) is 11.4 Å². The summed E-state index contributed by atoms with van der Waals surface area (Å²) in [5, 5.41) is 3.58. The number of nitrogens with zero attached hydrogens (tertiary/aromatic N) is 1. The zero-order valence-electron chi connectivity index (χ0n) is 13.5. The first-order valence-electron chi connectivity index (χ1n) is 7.80. The van der Waals surface area contributed by atoms with Crippen molar-refractivity contribution in [3.05, 3.63) is 58.1 Å². The van der Waals surface area contributed by atoms with Crippen LogP contribution in [0.5, 0.6) is 0 Å². The van der Waals surface area contributed by atoms with Crippen LogP contribution < -0.4 is 16.0 Å². The van der Waals surface area contributed by atoms with E-state index in [-0.39, 0.29) is 24.8 Å². The molecule has 3 rings (SSSR count). The molecule has 1 aliphatic heterocycles. The summed E-state index contributed by atoms with van der Waals surface area (Å²) in [4.78, 5) is 37.3. The monoisotopic (exact) mass is 391 g/mol. The number of hydrogen-bond acceptors (Lipinski definition) is 3. The van der Waals surface area contributed by atoms with Gasteiger partial charge in [0.15, 0.2) is 0 Å². The molecular weight excluding hydrogens is 377 g/mol. The molecule has 3 N–H and O–H groups in total. The van der Waals surface area contributed by atoms with E-state index >= 15 is 0 Å². The second kappa shape index (κ2) is 7.35. The highest BCUT2D eigenvalue weighted by molar-refractivity contribution is 6.35. The minimum atomic E-state index is -0.542. The van der Waals surface area contributed by atoms with Crippen molar-refractivity contribution in [2.75, 3.05) is 16.8 Å². The van der Waals surface area contributed by atoms with Crippen LogP contribution in [0.3, 0.4) is 0 Å². The molecule has 1 saturated heterocycles. The topological polar surface area (TPSA) is 92.5 Å². The summed E-state index contributed by atoms with van der Waals surface area (Å²) in [6, 6.07) is 11.1.